The highest BCUT2D eigenvalue weighted by Gasteiger charge is 2.31. The molecule has 0 amide bonds. The molecule has 1 fully saturated rings. The molecule has 7 heteroatoms. The maximum absolute atomic E-state index is 12.9. The van der Waals surface area contributed by atoms with Crippen LogP contribution in [-0.4, -0.2) is 34.7 Å². The number of aryl methyl sites for hydroxylation is 1. The molecule has 0 radical (unpaired) electrons. The summed E-state index contributed by atoms with van der Waals surface area (Å²) in [5.74, 6) is 0. The van der Waals surface area contributed by atoms with Crippen LogP contribution < -0.4 is 4.90 Å². The molecule has 0 saturated carbocycles. The molecule has 1 aliphatic heterocycles. The lowest BCUT2D eigenvalue weighted by Crippen LogP contribution is -2.47. The second-order valence-corrected chi connectivity index (χ2v) is 7.70. The van der Waals surface area contributed by atoms with E-state index in [-0.39, 0.29) is 0 Å². The van der Waals surface area contributed by atoms with Crippen LogP contribution in [0.15, 0.2) is 53.4 Å². The van der Waals surface area contributed by atoms with E-state index in [4.69, 9.17) is 0 Å². The summed E-state index contributed by atoms with van der Waals surface area (Å²) >= 11 is 0. The van der Waals surface area contributed by atoms with Gasteiger partial charge in [0.15, 0.2) is 0 Å². The average molecular weight is 413 g/mol. The van der Waals surface area contributed by atoms with Crippen molar-refractivity contribution < 1.29 is 17.4 Å². The first-order valence-electron chi connectivity index (χ1n) is 9.56. The summed E-state index contributed by atoms with van der Waals surface area (Å²) in [5, 5.41) is 0. The van der Waals surface area contributed by atoms with Gasteiger partial charge in [0.05, 0.1) is 10.5 Å². The van der Waals surface area contributed by atoms with Crippen molar-refractivity contribution in [1.82, 2.24) is 4.31 Å². The summed E-state index contributed by atoms with van der Waals surface area (Å²) in [5.41, 5.74) is 1.11. The molecule has 0 N–H and O–H groups in total. The zero-order valence-corrected chi connectivity index (χ0v) is 17.3. The Morgan fingerprint density at radius 1 is 0.964 bits per heavy atom. The Bertz CT molecular complexity index is 770. The SMILES string of the molecule is CC.CCc1ccc(S(=O)N2CCN(c3cccc(C(F)(F)F)c3)CC2)cc1. The fraction of sp³-hybridized carbons (Fsp3) is 0.429. The number of nitrogens with zero attached hydrogens (tertiary/aromatic N) is 2. The van der Waals surface area contributed by atoms with Crippen LogP contribution in [0, 0.1) is 0 Å². The third kappa shape index (κ3) is 5.58. The Balaban J connectivity index is 0.00000136. The Morgan fingerprint density at radius 2 is 1.57 bits per heavy atom. The highest BCUT2D eigenvalue weighted by atomic mass is 32.2. The topological polar surface area (TPSA) is 23.6 Å². The predicted molar refractivity (Wildman–Crippen MR) is 109 cm³/mol. The van der Waals surface area contributed by atoms with Gasteiger partial charge in [-0.2, -0.15) is 13.2 Å². The number of anilines is 1. The van der Waals surface area contributed by atoms with E-state index in [1.54, 1.807) is 6.07 Å². The molecule has 1 atom stereocenters. The fourth-order valence-corrected chi connectivity index (χ4v) is 4.14. The molecule has 2 aromatic rings. The molecule has 3 nitrogen and oxygen atoms in total. The van der Waals surface area contributed by atoms with E-state index < -0.39 is 22.7 Å². The van der Waals surface area contributed by atoms with Gasteiger partial charge < -0.3 is 4.90 Å². The van der Waals surface area contributed by atoms with Crippen molar-refractivity contribution >= 4 is 16.7 Å². The lowest BCUT2D eigenvalue weighted by atomic mass is 10.1. The molecule has 0 spiro atoms. The lowest BCUT2D eigenvalue weighted by Gasteiger charge is -2.35. The summed E-state index contributed by atoms with van der Waals surface area (Å²) in [6.07, 6.45) is -3.41. The molecular formula is C21H27F3N2OS. The van der Waals surface area contributed by atoms with Gasteiger partial charge in [-0.3, -0.25) is 0 Å². The van der Waals surface area contributed by atoms with Crippen LogP contribution in [-0.2, 0) is 23.6 Å². The first kappa shape index (κ1) is 22.4. The second kappa shape index (κ2) is 10.1. The van der Waals surface area contributed by atoms with Gasteiger partial charge in [-0.05, 0) is 42.3 Å². The molecular weight excluding hydrogens is 385 g/mol. The molecule has 1 saturated heterocycles. The number of halogens is 3. The monoisotopic (exact) mass is 412 g/mol. The molecule has 1 heterocycles. The number of alkyl halides is 3. The molecule has 0 aromatic heterocycles. The number of rotatable bonds is 4. The van der Waals surface area contributed by atoms with E-state index in [1.165, 1.54) is 17.7 Å². The molecule has 2 aromatic carbocycles. The lowest BCUT2D eigenvalue weighted by molar-refractivity contribution is -0.137. The van der Waals surface area contributed by atoms with Gasteiger partial charge in [0.25, 0.3) is 0 Å². The van der Waals surface area contributed by atoms with Crippen LogP contribution in [0.4, 0.5) is 18.9 Å². The van der Waals surface area contributed by atoms with Gasteiger partial charge in [-0.25, -0.2) is 8.51 Å². The minimum atomic E-state index is -4.34. The van der Waals surface area contributed by atoms with Crippen molar-refractivity contribution in [1.29, 1.82) is 0 Å². The maximum Gasteiger partial charge on any atom is 0.416 e. The van der Waals surface area contributed by atoms with Crippen molar-refractivity contribution in [3.8, 4) is 0 Å². The number of hydrogen-bond acceptors (Lipinski definition) is 2. The smallest absolute Gasteiger partial charge is 0.369 e. The van der Waals surface area contributed by atoms with E-state index in [9.17, 15) is 17.4 Å². The maximum atomic E-state index is 12.9. The minimum Gasteiger partial charge on any atom is -0.369 e. The quantitative estimate of drug-likeness (QED) is 0.694. The van der Waals surface area contributed by atoms with Crippen molar-refractivity contribution in [2.45, 2.75) is 38.3 Å². The summed E-state index contributed by atoms with van der Waals surface area (Å²) in [7, 11) is -1.24. The summed E-state index contributed by atoms with van der Waals surface area (Å²) < 4.78 is 53.2. The molecule has 0 aliphatic carbocycles. The van der Waals surface area contributed by atoms with Crippen LogP contribution >= 0.6 is 0 Å². The normalized spacial score (nSPS) is 16.3. The van der Waals surface area contributed by atoms with Gasteiger partial charge in [-0.1, -0.05) is 39.0 Å². The van der Waals surface area contributed by atoms with E-state index in [0.717, 1.165) is 17.4 Å². The Labute approximate surface area is 167 Å². The zero-order chi connectivity index (χ0) is 20.7. The predicted octanol–water partition coefficient (Wildman–Crippen LogP) is 5.14. The standard InChI is InChI=1S/C19H21F3N2OS.C2H6/c1-2-15-6-8-18(9-7-15)26(25)24-12-10-23(11-13-24)17-5-3-4-16(14-17)19(20,21)22;1-2/h3-9,14H,2,10-13H2,1H3;1-2H3. The van der Waals surface area contributed by atoms with E-state index >= 15 is 0 Å². The Morgan fingerprint density at radius 3 is 2.11 bits per heavy atom. The van der Waals surface area contributed by atoms with E-state index in [2.05, 4.69) is 6.92 Å². The third-order valence-corrected chi connectivity index (χ3v) is 6.05. The Hall–Kier alpha value is -1.86. The van der Waals surface area contributed by atoms with Crippen LogP contribution in [0.5, 0.6) is 0 Å². The average Bonchev–Trinajstić information content (AvgIpc) is 2.74. The first-order chi connectivity index (χ1) is 13.4. The van der Waals surface area contributed by atoms with Crippen molar-refractivity contribution in [3.05, 3.63) is 59.7 Å². The van der Waals surface area contributed by atoms with Crippen LogP contribution in [0.2, 0.25) is 0 Å². The number of piperazine rings is 1. The van der Waals surface area contributed by atoms with Gasteiger partial charge >= 0.3 is 6.18 Å². The second-order valence-electron chi connectivity index (χ2n) is 6.21. The number of hydrogen-bond donors (Lipinski definition) is 0. The molecule has 154 valence electrons. The summed E-state index contributed by atoms with van der Waals surface area (Å²) in [6, 6.07) is 13.1. The van der Waals surface area contributed by atoms with Crippen molar-refractivity contribution in [2.75, 3.05) is 31.1 Å². The summed E-state index contributed by atoms with van der Waals surface area (Å²) in [6.45, 7) is 8.23. The fourth-order valence-electron chi connectivity index (χ4n) is 2.98. The minimum absolute atomic E-state index is 0.540. The van der Waals surface area contributed by atoms with Crippen molar-refractivity contribution in [3.63, 3.8) is 0 Å². The van der Waals surface area contributed by atoms with E-state index in [1.807, 2.05) is 47.3 Å². The molecule has 1 aliphatic rings. The molecule has 3 rings (SSSR count). The zero-order valence-electron chi connectivity index (χ0n) is 16.5. The molecule has 0 bridgehead atoms. The largest absolute Gasteiger partial charge is 0.416 e. The van der Waals surface area contributed by atoms with E-state index in [0.29, 0.717) is 31.9 Å². The molecule has 28 heavy (non-hydrogen) atoms. The van der Waals surface area contributed by atoms with Gasteiger partial charge in [0.2, 0.25) is 0 Å². The summed E-state index contributed by atoms with van der Waals surface area (Å²) in [4.78, 5) is 2.66. The Kier molecular flexibility index (Phi) is 8.07. The third-order valence-electron chi connectivity index (χ3n) is 4.55. The number of benzene rings is 2. The highest BCUT2D eigenvalue weighted by molar-refractivity contribution is 7.82. The van der Waals surface area contributed by atoms with Crippen LogP contribution in [0.1, 0.15) is 31.9 Å². The van der Waals surface area contributed by atoms with Gasteiger partial charge in [0, 0.05) is 31.9 Å². The van der Waals surface area contributed by atoms with Crippen molar-refractivity contribution in [2.24, 2.45) is 0 Å². The highest BCUT2D eigenvalue weighted by Crippen LogP contribution is 2.32. The van der Waals surface area contributed by atoms with Crippen LogP contribution in [0.3, 0.4) is 0 Å². The molecule has 1 unspecified atom stereocenters. The first-order valence-corrected chi connectivity index (χ1v) is 10.7. The van der Waals surface area contributed by atoms with Crippen LogP contribution in [0.25, 0.3) is 0 Å². The van der Waals surface area contributed by atoms with Gasteiger partial charge in [0.1, 0.15) is 11.0 Å². The van der Waals surface area contributed by atoms with Gasteiger partial charge in [-0.15, -0.1) is 0 Å².